The van der Waals surface area contributed by atoms with Crippen molar-refractivity contribution in [1.82, 2.24) is 4.98 Å². The van der Waals surface area contributed by atoms with Gasteiger partial charge >= 0.3 is 0 Å². The molecule has 0 saturated carbocycles. The number of hydrogen-bond acceptors (Lipinski definition) is 1. The zero-order valence-electron chi connectivity index (χ0n) is 31.6. The summed E-state index contributed by atoms with van der Waals surface area (Å²) in [7, 11) is 0. The Morgan fingerprint density at radius 2 is 0.982 bits per heavy atom. The molecule has 2 heteroatoms. The number of nitrogens with one attached hydrogen (secondary N) is 1. The second-order valence-corrected chi connectivity index (χ2v) is 15.5. The van der Waals surface area contributed by atoms with Crippen LogP contribution in [0.3, 0.4) is 0 Å². The van der Waals surface area contributed by atoms with Gasteiger partial charge in [0.1, 0.15) is 0 Å². The van der Waals surface area contributed by atoms with Crippen molar-refractivity contribution in [2.45, 2.75) is 18.3 Å². The van der Waals surface area contributed by atoms with E-state index in [9.17, 15) is 0 Å². The summed E-state index contributed by atoms with van der Waals surface area (Å²) in [4.78, 5) is 6.24. The van der Waals surface area contributed by atoms with Crippen molar-refractivity contribution in [3.05, 3.63) is 235 Å². The normalized spacial score (nSPS) is 12.8. The summed E-state index contributed by atoms with van der Waals surface area (Å²) in [6.45, 7) is 0. The molecule has 0 fully saturated rings. The van der Waals surface area contributed by atoms with Crippen LogP contribution in [0, 0.1) is 0 Å². The van der Waals surface area contributed by atoms with Crippen LogP contribution >= 0.6 is 0 Å². The van der Waals surface area contributed by atoms with Gasteiger partial charge in [0.05, 0.1) is 11.2 Å². The molecule has 9 aromatic carbocycles. The van der Waals surface area contributed by atoms with Gasteiger partial charge in [-0.05, 0) is 99.6 Å². The lowest BCUT2D eigenvalue weighted by Crippen LogP contribution is -2.31. The van der Waals surface area contributed by atoms with Gasteiger partial charge in [-0.15, -0.1) is 0 Å². The highest BCUT2D eigenvalue weighted by molar-refractivity contribution is 6.12. The molecule has 10 aromatic rings. The van der Waals surface area contributed by atoms with Gasteiger partial charge in [0.15, 0.2) is 0 Å². The van der Waals surface area contributed by atoms with Crippen molar-refractivity contribution < 1.29 is 0 Å². The summed E-state index contributed by atoms with van der Waals surface area (Å²) in [6.07, 6.45) is 1.73. The average molecular weight is 729 g/mol. The Balaban J connectivity index is 1.17. The number of para-hydroxylation sites is 3. The van der Waals surface area contributed by atoms with E-state index in [4.69, 9.17) is 0 Å². The van der Waals surface area contributed by atoms with E-state index in [2.05, 4.69) is 222 Å². The summed E-state index contributed by atoms with van der Waals surface area (Å²) in [5.41, 5.74) is 15.9. The van der Waals surface area contributed by atoms with Crippen LogP contribution in [-0.4, -0.2) is 4.98 Å². The molecule has 2 nitrogen and oxygen atoms in total. The van der Waals surface area contributed by atoms with Crippen LogP contribution < -0.4 is 4.90 Å². The van der Waals surface area contributed by atoms with E-state index >= 15 is 0 Å². The van der Waals surface area contributed by atoms with Gasteiger partial charge in [-0.1, -0.05) is 170 Å². The molecule has 0 atom stereocenters. The van der Waals surface area contributed by atoms with E-state index in [1.807, 2.05) is 0 Å². The van der Waals surface area contributed by atoms with Crippen molar-refractivity contribution in [2.24, 2.45) is 0 Å². The van der Waals surface area contributed by atoms with Crippen LogP contribution in [0.1, 0.15) is 22.3 Å². The van der Waals surface area contributed by atoms with Gasteiger partial charge in [-0.2, -0.15) is 0 Å². The van der Waals surface area contributed by atoms with Gasteiger partial charge in [0, 0.05) is 44.0 Å². The third kappa shape index (κ3) is 5.56. The number of aromatic nitrogens is 1. The monoisotopic (exact) mass is 728 g/mol. The molecule has 0 saturated heterocycles. The van der Waals surface area contributed by atoms with Crippen molar-refractivity contribution in [1.29, 1.82) is 0 Å². The number of nitrogens with zero attached hydrogens (tertiary/aromatic N) is 1. The zero-order chi connectivity index (χ0) is 37.8. The van der Waals surface area contributed by atoms with Crippen LogP contribution in [0.2, 0.25) is 0 Å². The maximum absolute atomic E-state index is 3.79. The molecule has 1 aliphatic carbocycles. The van der Waals surface area contributed by atoms with Crippen molar-refractivity contribution >= 4 is 49.6 Å². The lowest BCUT2D eigenvalue weighted by Gasteiger charge is -2.34. The Kier molecular flexibility index (Phi) is 7.89. The number of fused-ring (bicyclic) bond motifs is 7. The van der Waals surface area contributed by atoms with E-state index in [1.54, 1.807) is 0 Å². The number of anilines is 3. The highest BCUT2D eigenvalue weighted by Crippen LogP contribution is 2.55. The third-order valence-corrected chi connectivity index (χ3v) is 12.2. The summed E-state index contributed by atoms with van der Waals surface area (Å²) >= 11 is 0. The number of H-pyrrole nitrogens is 1. The van der Waals surface area contributed by atoms with Crippen LogP contribution in [0.4, 0.5) is 17.1 Å². The quantitative estimate of drug-likeness (QED) is 0.165. The maximum Gasteiger partial charge on any atom is 0.0544 e. The molecule has 0 amide bonds. The third-order valence-electron chi connectivity index (χ3n) is 12.2. The average Bonchev–Trinajstić information content (AvgIpc) is 3.78. The molecule has 1 N–H and O–H groups in total. The van der Waals surface area contributed by atoms with E-state index in [-0.39, 0.29) is 5.41 Å². The first-order valence-corrected chi connectivity index (χ1v) is 19.9. The molecule has 0 unspecified atom stereocenters. The minimum absolute atomic E-state index is 0.352. The topological polar surface area (TPSA) is 19.0 Å². The van der Waals surface area contributed by atoms with Crippen LogP contribution in [0.25, 0.3) is 54.8 Å². The first kappa shape index (κ1) is 33.2. The molecular formula is C55H40N2. The SMILES string of the molecule is c1ccc(CC2(Cc3ccccc3)c3cc(-c4cccc5c4[nH]c4ccccc45)ccc3-c3ccc(N(c4ccccc4)c4cccc5ccccc45)cc32)cc1. The molecule has 270 valence electrons. The Hall–Kier alpha value is -7.16. The molecule has 0 radical (unpaired) electrons. The van der Waals surface area contributed by atoms with Gasteiger partial charge in [0.25, 0.3) is 0 Å². The highest BCUT2D eigenvalue weighted by atomic mass is 15.1. The highest BCUT2D eigenvalue weighted by Gasteiger charge is 2.44. The van der Waals surface area contributed by atoms with Gasteiger partial charge < -0.3 is 9.88 Å². The van der Waals surface area contributed by atoms with Crippen LogP contribution in [-0.2, 0) is 18.3 Å². The zero-order valence-corrected chi connectivity index (χ0v) is 31.6. The van der Waals surface area contributed by atoms with Crippen LogP contribution in [0.5, 0.6) is 0 Å². The predicted molar refractivity (Wildman–Crippen MR) is 240 cm³/mol. The molecule has 11 rings (SSSR count). The molecule has 1 aliphatic rings. The van der Waals surface area contributed by atoms with Crippen LogP contribution in [0.15, 0.2) is 212 Å². The Labute approximate surface area is 333 Å². The fraction of sp³-hybridized carbons (Fsp3) is 0.0545. The van der Waals surface area contributed by atoms with E-state index < -0.39 is 0 Å². The number of hydrogen-bond donors (Lipinski definition) is 1. The number of aromatic amines is 1. The Morgan fingerprint density at radius 3 is 1.74 bits per heavy atom. The lowest BCUT2D eigenvalue weighted by atomic mass is 9.69. The van der Waals surface area contributed by atoms with E-state index in [1.165, 1.54) is 77.3 Å². The van der Waals surface area contributed by atoms with E-state index in [0.29, 0.717) is 0 Å². The standard InChI is InChI=1S/C55H40N2/c1-4-16-38(17-5-1)36-55(37-39-18-6-2-7-19-39)50-34-41(45-26-15-27-49-48-25-12-13-28-52(48)56-54(45)49)30-32-46(50)47-33-31-43(35-51(47)55)57(42-22-8-3-9-23-42)53-29-14-21-40-20-10-11-24-44(40)53/h1-35,56H,36-37H2. The van der Waals surface area contributed by atoms with Gasteiger partial charge in [-0.25, -0.2) is 0 Å². The maximum atomic E-state index is 3.79. The summed E-state index contributed by atoms with van der Waals surface area (Å²) in [6, 6.07) is 78.2. The Bertz CT molecular complexity index is 3020. The number of benzene rings is 9. The molecule has 0 aliphatic heterocycles. The Morgan fingerprint density at radius 1 is 0.404 bits per heavy atom. The molecule has 1 aromatic heterocycles. The summed E-state index contributed by atoms with van der Waals surface area (Å²) in [5, 5.41) is 4.96. The van der Waals surface area contributed by atoms with E-state index in [0.717, 1.165) is 29.7 Å². The second-order valence-electron chi connectivity index (χ2n) is 15.5. The fourth-order valence-electron chi connectivity index (χ4n) is 9.64. The second kappa shape index (κ2) is 13.5. The molecule has 0 spiro atoms. The molecule has 0 bridgehead atoms. The first-order valence-electron chi connectivity index (χ1n) is 19.9. The minimum Gasteiger partial charge on any atom is -0.354 e. The van der Waals surface area contributed by atoms with Crippen molar-refractivity contribution in [2.75, 3.05) is 4.90 Å². The van der Waals surface area contributed by atoms with Crippen molar-refractivity contribution in [3.8, 4) is 22.3 Å². The van der Waals surface area contributed by atoms with Crippen molar-refractivity contribution in [3.63, 3.8) is 0 Å². The minimum atomic E-state index is -0.352. The fourth-order valence-corrected chi connectivity index (χ4v) is 9.64. The first-order chi connectivity index (χ1) is 28.2. The van der Waals surface area contributed by atoms with Gasteiger partial charge in [-0.3, -0.25) is 0 Å². The predicted octanol–water partition coefficient (Wildman–Crippen LogP) is 14.4. The molecular weight excluding hydrogens is 689 g/mol. The van der Waals surface area contributed by atoms with Gasteiger partial charge in [0.2, 0.25) is 0 Å². The largest absolute Gasteiger partial charge is 0.354 e. The summed E-state index contributed by atoms with van der Waals surface area (Å²) < 4.78 is 0. The smallest absolute Gasteiger partial charge is 0.0544 e. The number of rotatable bonds is 8. The molecule has 1 heterocycles. The lowest BCUT2D eigenvalue weighted by molar-refractivity contribution is 0.520. The summed E-state index contributed by atoms with van der Waals surface area (Å²) in [5.74, 6) is 0. The molecule has 57 heavy (non-hydrogen) atoms.